The molecule has 0 aliphatic carbocycles. The number of carbonyl (C=O) groups excluding carboxylic acids is 1. The average Bonchev–Trinajstić information content (AvgIpc) is 3.33. The number of fused-ring (bicyclic) bond motifs is 1. The van der Waals surface area contributed by atoms with Gasteiger partial charge >= 0.3 is 0 Å². The summed E-state index contributed by atoms with van der Waals surface area (Å²) >= 11 is 1.18. The van der Waals surface area contributed by atoms with Gasteiger partial charge in [0.15, 0.2) is 0 Å². The summed E-state index contributed by atoms with van der Waals surface area (Å²) in [6, 6.07) is 27.9. The van der Waals surface area contributed by atoms with Crippen LogP contribution in [-0.2, 0) is 0 Å². The molecule has 184 valence electrons. The highest BCUT2D eigenvalue weighted by Crippen LogP contribution is 2.31. The number of rotatable bonds is 8. The van der Waals surface area contributed by atoms with Crippen molar-refractivity contribution in [2.75, 3.05) is 11.6 Å². The fourth-order valence-corrected chi connectivity index (χ4v) is 4.49. The lowest BCUT2D eigenvalue weighted by molar-refractivity contribution is 0.0987. The van der Waals surface area contributed by atoms with Crippen LogP contribution in [0.5, 0.6) is 17.2 Å². The number of halogens is 1. The molecule has 0 saturated heterocycles. The summed E-state index contributed by atoms with van der Waals surface area (Å²) in [5, 5.41) is 6.02. The minimum Gasteiger partial charge on any atom is -0.494 e. The van der Waals surface area contributed by atoms with E-state index in [1.54, 1.807) is 36.5 Å². The molecule has 8 heteroatoms. The predicted octanol–water partition coefficient (Wildman–Crippen LogP) is 7.31. The summed E-state index contributed by atoms with van der Waals surface area (Å²) in [5.74, 6) is 1.14. The normalized spacial score (nSPS) is 11.1. The molecule has 1 amide bonds. The molecule has 0 radical (unpaired) electrons. The lowest BCUT2D eigenvalue weighted by atomic mass is 10.2. The van der Waals surface area contributed by atoms with Gasteiger partial charge in [-0.1, -0.05) is 35.6 Å². The first kappa shape index (κ1) is 24.1. The third-order valence-electron chi connectivity index (χ3n) is 5.29. The monoisotopic (exact) mass is 511 g/mol. The number of para-hydroxylation sites is 1. The molecule has 0 bridgehead atoms. The summed E-state index contributed by atoms with van der Waals surface area (Å²) in [4.78, 5) is 18.2. The Labute approximate surface area is 217 Å². The zero-order valence-electron chi connectivity index (χ0n) is 19.9. The number of thiazole rings is 1. The van der Waals surface area contributed by atoms with Gasteiger partial charge in [0.2, 0.25) is 5.13 Å². The zero-order chi connectivity index (χ0) is 25.6. The van der Waals surface area contributed by atoms with Crippen LogP contribution in [-0.4, -0.2) is 23.7 Å². The van der Waals surface area contributed by atoms with Crippen molar-refractivity contribution in [1.82, 2.24) is 4.98 Å². The van der Waals surface area contributed by atoms with Gasteiger partial charge in [0.05, 0.1) is 23.0 Å². The third-order valence-corrected chi connectivity index (χ3v) is 6.28. The molecule has 37 heavy (non-hydrogen) atoms. The van der Waals surface area contributed by atoms with Crippen LogP contribution in [0.15, 0.2) is 102 Å². The quantitative estimate of drug-likeness (QED) is 0.162. The fraction of sp³-hybridized carbons (Fsp3) is 0.0690. The van der Waals surface area contributed by atoms with Crippen molar-refractivity contribution >= 4 is 38.8 Å². The van der Waals surface area contributed by atoms with Gasteiger partial charge in [-0.15, -0.1) is 0 Å². The number of hydrogen-bond donors (Lipinski definition) is 0. The van der Waals surface area contributed by atoms with E-state index in [2.05, 4.69) is 10.1 Å². The maximum atomic E-state index is 13.8. The molecule has 6 nitrogen and oxygen atoms in total. The van der Waals surface area contributed by atoms with Crippen molar-refractivity contribution in [2.45, 2.75) is 6.92 Å². The van der Waals surface area contributed by atoms with E-state index < -0.39 is 5.91 Å². The number of hydrazone groups is 1. The Morgan fingerprint density at radius 3 is 2.51 bits per heavy atom. The standard InChI is InChI=1S/C29H22FN3O3S/c1-2-35-23-14-11-20(12-15-23)19-31-33(29-32-26-16-13-22(30)18-27(26)37-29)28(34)21-7-6-10-25(17-21)36-24-8-4-3-5-9-24/h3-19H,2H2,1H3/b31-19+. The Morgan fingerprint density at radius 1 is 0.946 bits per heavy atom. The van der Waals surface area contributed by atoms with Crippen LogP contribution in [0, 0.1) is 5.82 Å². The zero-order valence-corrected chi connectivity index (χ0v) is 20.7. The highest BCUT2D eigenvalue weighted by molar-refractivity contribution is 7.22. The molecule has 0 saturated carbocycles. The van der Waals surface area contributed by atoms with Crippen molar-refractivity contribution in [1.29, 1.82) is 0 Å². The number of nitrogens with zero attached hydrogens (tertiary/aromatic N) is 3. The second-order valence-corrected chi connectivity index (χ2v) is 8.92. The smallest absolute Gasteiger partial charge is 0.280 e. The van der Waals surface area contributed by atoms with Crippen LogP contribution in [0.4, 0.5) is 9.52 Å². The highest BCUT2D eigenvalue weighted by atomic mass is 32.1. The average molecular weight is 512 g/mol. The van der Waals surface area contributed by atoms with Crippen LogP contribution in [0.1, 0.15) is 22.8 Å². The van der Waals surface area contributed by atoms with Gasteiger partial charge in [-0.2, -0.15) is 10.1 Å². The topological polar surface area (TPSA) is 64.0 Å². The first-order valence-electron chi connectivity index (χ1n) is 11.6. The summed E-state index contributed by atoms with van der Waals surface area (Å²) < 4.78 is 25.8. The van der Waals surface area contributed by atoms with Crippen LogP contribution in [0.3, 0.4) is 0 Å². The van der Waals surface area contributed by atoms with Gasteiger partial charge in [0, 0.05) is 5.56 Å². The van der Waals surface area contributed by atoms with E-state index in [9.17, 15) is 9.18 Å². The number of aromatic nitrogens is 1. The van der Waals surface area contributed by atoms with Crippen molar-refractivity contribution < 1.29 is 18.7 Å². The van der Waals surface area contributed by atoms with Crippen LogP contribution >= 0.6 is 11.3 Å². The Kier molecular flexibility index (Phi) is 7.19. The van der Waals surface area contributed by atoms with E-state index in [0.29, 0.717) is 39.0 Å². The largest absolute Gasteiger partial charge is 0.494 e. The number of ether oxygens (including phenoxy) is 2. The molecule has 0 aliphatic rings. The Balaban J connectivity index is 1.48. The molecule has 0 spiro atoms. The number of carbonyl (C=O) groups is 1. The van der Waals surface area contributed by atoms with Gasteiger partial charge in [-0.25, -0.2) is 9.37 Å². The molecule has 0 atom stereocenters. The predicted molar refractivity (Wildman–Crippen MR) is 145 cm³/mol. The van der Waals surface area contributed by atoms with Gasteiger partial charge in [0.25, 0.3) is 5.91 Å². The summed E-state index contributed by atoms with van der Waals surface area (Å²) in [5.41, 5.74) is 1.72. The summed E-state index contributed by atoms with van der Waals surface area (Å²) in [6.45, 7) is 2.49. The molecular formula is C29H22FN3O3S. The molecule has 0 N–H and O–H groups in total. The third kappa shape index (κ3) is 5.82. The number of anilines is 1. The number of amides is 1. The Hall–Kier alpha value is -4.56. The van der Waals surface area contributed by atoms with E-state index in [1.165, 1.54) is 28.5 Å². The molecule has 5 rings (SSSR count). The molecule has 4 aromatic carbocycles. The molecule has 1 aromatic heterocycles. The van der Waals surface area contributed by atoms with Gasteiger partial charge in [0.1, 0.15) is 23.1 Å². The maximum absolute atomic E-state index is 13.8. The van der Waals surface area contributed by atoms with Gasteiger partial charge < -0.3 is 9.47 Å². The minimum atomic E-state index is -0.403. The van der Waals surface area contributed by atoms with E-state index in [1.807, 2.05) is 61.5 Å². The van der Waals surface area contributed by atoms with Crippen LogP contribution in [0.2, 0.25) is 0 Å². The molecule has 5 aromatic rings. The van der Waals surface area contributed by atoms with Crippen LogP contribution < -0.4 is 14.5 Å². The first-order chi connectivity index (χ1) is 18.1. The summed E-state index contributed by atoms with van der Waals surface area (Å²) in [6.07, 6.45) is 1.57. The second-order valence-electron chi connectivity index (χ2n) is 7.92. The minimum absolute atomic E-state index is 0.321. The SMILES string of the molecule is CCOc1ccc(/C=N/N(C(=O)c2cccc(Oc3ccccc3)c2)c2nc3ccc(F)cc3s2)cc1. The van der Waals surface area contributed by atoms with E-state index in [4.69, 9.17) is 9.47 Å². The molecular weight excluding hydrogens is 489 g/mol. The molecule has 0 fully saturated rings. The van der Waals surface area contributed by atoms with Crippen molar-refractivity contribution in [3.8, 4) is 17.2 Å². The lowest BCUT2D eigenvalue weighted by Crippen LogP contribution is -2.25. The van der Waals surface area contributed by atoms with E-state index in [0.717, 1.165) is 11.3 Å². The fourth-order valence-electron chi connectivity index (χ4n) is 3.55. The number of benzene rings is 4. The van der Waals surface area contributed by atoms with Crippen molar-refractivity contribution in [2.24, 2.45) is 5.10 Å². The maximum Gasteiger partial charge on any atom is 0.280 e. The van der Waals surface area contributed by atoms with Crippen LogP contribution in [0.25, 0.3) is 10.2 Å². The second kappa shape index (κ2) is 11.0. The molecule has 0 unspecified atom stereocenters. The van der Waals surface area contributed by atoms with E-state index in [-0.39, 0.29) is 5.82 Å². The lowest BCUT2D eigenvalue weighted by Gasteiger charge is -2.15. The Bertz CT molecular complexity index is 1550. The van der Waals surface area contributed by atoms with Crippen molar-refractivity contribution in [3.63, 3.8) is 0 Å². The Morgan fingerprint density at radius 2 is 1.73 bits per heavy atom. The molecule has 1 heterocycles. The number of hydrogen-bond acceptors (Lipinski definition) is 6. The highest BCUT2D eigenvalue weighted by Gasteiger charge is 2.22. The van der Waals surface area contributed by atoms with Gasteiger partial charge in [-0.3, -0.25) is 4.79 Å². The van der Waals surface area contributed by atoms with Crippen molar-refractivity contribution in [3.05, 3.63) is 114 Å². The summed E-state index contributed by atoms with van der Waals surface area (Å²) in [7, 11) is 0. The van der Waals surface area contributed by atoms with E-state index >= 15 is 0 Å². The van der Waals surface area contributed by atoms with Gasteiger partial charge in [-0.05, 0) is 85.3 Å². The first-order valence-corrected chi connectivity index (χ1v) is 12.4. The molecule has 0 aliphatic heterocycles.